The highest BCUT2D eigenvalue weighted by molar-refractivity contribution is 5.46. The molecule has 0 saturated carbocycles. The van der Waals surface area contributed by atoms with Crippen LogP contribution in [0.15, 0.2) is 42.5 Å². The van der Waals surface area contributed by atoms with Gasteiger partial charge in [-0.3, -0.25) is 4.90 Å². The molecule has 2 aromatic carbocycles. The fourth-order valence-corrected chi connectivity index (χ4v) is 2.61. The maximum absolute atomic E-state index is 6.08. The molecular weight excluding hydrogens is 256 g/mol. The van der Waals surface area contributed by atoms with Crippen LogP contribution in [0.1, 0.15) is 35.6 Å². The highest BCUT2D eigenvalue weighted by Crippen LogP contribution is 2.17. The number of nitrogens with two attached hydrogens (primary N) is 1. The minimum absolute atomic E-state index is 0.888. The minimum Gasteiger partial charge on any atom is -0.398 e. The first-order chi connectivity index (χ1) is 10.1. The second-order valence-electron chi connectivity index (χ2n) is 5.83. The van der Waals surface area contributed by atoms with Crippen molar-refractivity contribution in [2.75, 3.05) is 12.3 Å². The van der Waals surface area contributed by atoms with E-state index in [0.717, 1.165) is 31.7 Å². The van der Waals surface area contributed by atoms with Gasteiger partial charge in [-0.1, -0.05) is 43.3 Å². The smallest absolute Gasteiger partial charge is 0.0359 e. The monoisotopic (exact) mass is 282 g/mol. The molecule has 0 unspecified atom stereocenters. The fourth-order valence-electron chi connectivity index (χ4n) is 2.61. The summed E-state index contributed by atoms with van der Waals surface area (Å²) >= 11 is 0. The Kier molecular flexibility index (Phi) is 5.40. The van der Waals surface area contributed by atoms with Crippen molar-refractivity contribution in [1.29, 1.82) is 0 Å². The molecular formula is C19H26N2. The van der Waals surface area contributed by atoms with Gasteiger partial charge in [0.2, 0.25) is 0 Å². The second-order valence-corrected chi connectivity index (χ2v) is 5.83. The average Bonchev–Trinajstić information content (AvgIpc) is 2.46. The Morgan fingerprint density at radius 3 is 2.38 bits per heavy atom. The van der Waals surface area contributed by atoms with Crippen molar-refractivity contribution >= 4 is 5.69 Å². The molecule has 2 rings (SSSR count). The largest absolute Gasteiger partial charge is 0.398 e. The lowest BCUT2D eigenvalue weighted by Crippen LogP contribution is -2.24. The zero-order valence-corrected chi connectivity index (χ0v) is 13.4. The zero-order chi connectivity index (χ0) is 15.2. The third-order valence-electron chi connectivity index (χ3n) is 3.97. The maximum atomic E-state index is 6.08. The Labute approximate surface area is 128 Å². The van der Waals surface area contributed by atoms with Crippen LogP contribution in [0.25, 0.3) is 0 Å². The standard InChI is InChI=1S/C19H26N2/c1-4-11-21(14-18-7-5-6-8-19(18)20)13-17-10-9-15(2)16(3)12-17/h5-10,12H,4,11,13-14,20H2,1-3H3. The van der Waals surface area contributed by atoms with E-state index in [9.17, 15) is 0 Å². The maximum Gasteiger partial charge on any atom is 0.0359 e. The number of rotatable bonds is 6. The molecule has 2 heteroatoms. The molecule has 0 spiro atoms. The van der Waals surface area contributed by atoms with Crippen molar-refractivity contribution in [2.45, 2.75) is 40.3 Å². The van der Waals surface area contributed by atoms with Crippen molar-refractivity contribution in [3.05, 3.63) is 64.7 Å². The highest BCUT2D eigenvalue weighted by atomic mass is 15.1. The summed E-state index contributed by atoms with van der Waals surface area (Å²) in [7, 11) is 0. The predicted molar refractivity (Wildman–Crippen MR) is 91.2 cm³/mol. The number of nitrogens with zero attached hydrogens (tertiary/aromatic N) is 1. The van der Waals surface area contributed by atoms with E-state index in [1.165, 1.54) is 22.3 Å². The molecule has 0 aliphatic rings. The van der Waals surface area contributed by atoms with Crippen molar-refractivity contribution in [1.82, 2.24) is 4.90 Å². The molecule has 0 heterocycles. The van der Waals surface area contributed by atoms with Crippen LogP contribution in [0.4, 0.5) is 5.69 Å². The van der Waals surface area contributed by atoms with Gasteiger partial charge in [-0.05, 0) is 55.1 Å². The lowest BCUT2D eigenvalue weighted by molar-refractivity contribution is 0.257. The van der Waals surface area contributed by atoms with Gasteiger partial charge in [0.25, 0.3) is 0 Å². The van der Waals surface area contributed by atoms with Crippen LogP contribution in [0.5, 0.6) is 0 Å². The van der Waals surface area contributed by atoms with Gasteiger partial charge in [-0.2, -0.15) is 0 Å². The molecule has 2 N–H and O–H groups in total. The zero-order valence-electron chi connectivity index (χ0n) is 13.4. The summed E-state index contributed by atoms with van der Waals surface area (Å²) < 4.78 is 0. The van der Waals surface area contributed by atoms with Crippen LogP contribution < -0.4 is 5.73 Å². The summed E-state index contributed by atoms with van der Waals surface area (Å²) in [6.07, 6.45) is 1.15. The summed E-state index contributed by atoms with van der Waals surface area (Å²) in [5, 5.41) is 0. The van der Waals surface area contributed by atoms with Gasteiger partial charge in [-0.25, -0.2) is 0 Å². The Morgan fingerprint density at radius 1 is 0.952 bits per heavy atom. The molecule has 0 aliphatic carbocycles. The van der Waals surface area contributed by atoms with Crippen molar-refractivity contribution in [3.63, 3.8) is 0 Å². The summed E-state index contributed by atoms with van der Waals surface area (Å²) in [6, 6.07) is 14.9. The van der Waals surface area contributed by atoms with E-state index in [-0.39, 0.29) is 0 Å². The first-order valence-electron chi connectivity index (χ1n) is 7.72. The van der Waals surface area contributed by atoms with Crippen LogP contribution >= 0.6 is 0 Å². The molecule has 0 aromatic heterocycles. The van der Waals surface area contributed by atoms with E-state index in [0.29, 0.717) is 0 Å². The van der Waals surface area contributed by atoms with Crippen molar-refractivity contribution in [2.24, 2.45) is 0 Å². The van der Waals surface area contributed by atoms with Gasteiger partial charge >= 0.3 is 0 Å². The van der Waals surface area contributed by atoms with E-state index >= 15 is 0 Å². The summed E-state index contributed by atoms with van der Waals surface area (Å²) in [6.45, 7) is 9.53. The van der Waals surface area contributed by atoms with E-state index in [1.54, 1.807) is 0 Å². The normalized spacial score (nSPS) is 11.0. The van der Waals surface area contributed by atoms with Gasteiger partial charge in [0, 0.05) is 18.8 Å². The average molecular weight is 282 g/mol. The third kappa shape index (κ3) is 4.33. The van der Waals surface area contributed by atoms with Gasteiger partial charge in [0.15, 0.2) is 0 Å². The first kappa shape index (κ1) is 15.6. The molecule has 0 radical (unpaired) electrons. The minimum atomic E-state index is 0.888. The molecule has 2 aromatic rings. The molecule has 112 valence electrons. The SMILES string of the molecule is CCCN(Cc1ccc(C)c(C)c1)Cc1ccccc1N. The highest BCUT2D eigenvalue weighted by Gasteiger charge is 2.08. The molecule has 2 nitrogen and oxygen atoms in total. The molecule has 0 amide bonds. The Morgan fingerprint density at radius 2 is 1.71 bits per heavy atom. The number of anilines is 1. The van der Waals surface area contributed by atoms with Crippen LogP contribution in [0.2, 0.25) is 0 Å². The predicted octanol–water partition coefficient (Wildman–Crippen LogP) is 4.30. The van der Waals surface area contributed by atoms with E-state index < -0.39 is 0 Å². The van der Waals surface area contributed by atoms with Gasteiger partial charge in [-0.15, -0.1) is 0 Å². The van der Waals surface area contributed by atoms with Crippen molar-refractivity contribution in [3.8, 4) is 0 Å². The van der Waals surface area contributed by atoms with Crippen LogP contribution in [0.3, 0.4) is 0 Å². The van der Waals surface area contributed by atoms with E-state index in [2.05, 4.69) is 56.0 Å². The molecule has 21 heavy (non-hydrogen) atoms. The number of aryl methyl sites for hydroxylation is 2. The number of benzene rings is 2. The second kappa shape index (κ2) is 7.28. The van der Waals surface area contributed by atoms with E-state index in [4.69, 9.17) is 5.73 Å². The summed E-state index contributed by atoms with van der Waals surface area (Å²) in [4.78, 5) is 2.47. The van der Waals surface area contributed by atoms with Gasteiger partial charge in [0.1, 0.15) is 0 Å². The summed E-state index contributed by atoms with van der Waals surface area (Å²) in [5.74, 6) is 0. The fraction of sp³-hybridized carbons (Fsp3) is 0.368. The Balaban J connectivity index is 2.11. The van der Waals surface area contributed by atoms with Gasteiger partial charge in [0.05, 0.1) is 0 Å². The van der Waals surface area contributed by atoms with Crippen molar-refractivity contribution < 1.29 is 0 Å². The molecule has 0 saturated heterocycles. The third-order valence-corrected chi connectivity index (χ3v) is 3.97. The van der Waals surface area contributed by atoms with Crippen LogP contribution in [-0.2, 0) is 13.1 Å². The van der Waals surface area contributed by atoms with Crippen LogP contribution in [-0.4, -0.2) is 11.4 Å². The Hall–Kier alpha value is -1.80. The quantitative estimate of drug-likeness (QED) is 0.800. The number of nitrogen functional groups attached to an aromatic ring is 1. The lowest BCUT2D eigenvalue weighted by atomic mass is 10.1. The number of para-hydroxylation sites is 1. The summed E-state index contributed by atoms with van der Waals surface area (Å²) in [5.41, 5.74) is 12.3. The topological polar surface area (TPSA) is 29.3 Å². The van der Waals surface area contributed by atoms with Crippen LogP contribution in [0, 0.1) is 13.8 Å². The molecule has 0 aliphatic heterocycles. The first-order valence-corrected chi connectivity index (χ1v) is 7.72. The Bertz CT molecular complexity index is 590. The number of hydrogen-bond acceptors (Lipinski definition) is 2. The molecule has 0 atom stereocenters. The molecule has 0 bridgehead atoms. The molecule has 0 fully saturated rings. The van der Waals surface area contributed by atoms with E-state index in [1.807, 2.05) is 12.1 Å². The lowest BCUT2D eigenvalue weighted by Gasteiger charge is -2.23. The van der Waals surface area contributed by atoms with Gasteiger partial charge < -0.3 is 5.73 Å². The number of hydrogen-bond donors (Lipinski definition) is 1.